The van der Waals surface area contributed by atoms with Gasteiger partial charge in [0.2, 0.25) is 0 Å². The zero-order valence-electron chi connectivity index (χ0n) is 13.4. The predicted octanol–water partition coefficient (Wildman–Crippen LogP) is 5.09. The van der Waals surface area contributed by atoms with Crippen LogP contribution in [-0.2, 0) is 12.6 Å². The van der Waals surface area contributed by atoms with Gasteiger partial charge in [0.25, 0.3) is 5.91 Å². The summed E-state index contributed by atoms with van der Waals surface area (Å²) >= 11 is 0. The van der Waals surface area contributed by atoms with Crippen molar-refractivity contribution in [1.29, 1.82) is 0 Å². The number of carbonyl (C=O) groups is 1. The predicted molar refractivity (Wildman–Crippen MR) is 86.9 cm³/mol. The molecular formula is C18H19F3N2O. The van der Waals surface area contributed by atoms with E-state index in [2.05, 4.69) is 17.2 Å². The van der Waals surface area contributed by atoms with E-state index in [4.69, 9.17) is 0 Å². The van der Waals surface area contributed by atoms with Crippen LogP contribution in [0.3, 0.4) is 0 Å². The van der Waals surface area contributed by atoms with E-state index in [1.807, 2.05) is 6.07 Å². The molecule has 0 aliphatic rings. The van der Waals surface area contributed by atoms with Gasteiger partial charge in [-0.05, 0) is 42.7 Å². The number of pyridine rings is 1. The Labute approximate surface area is 138 Å². The lowest BCUT2D eigenvalue weighted by Gasteiger charge is -2.10. The first-order valence-corrected chi connectivity index (χ1v) is 7.83. The number of nitrogens with one attached hydrogen (secondary N) is 1. The molecule has 1 amide bonds. The maximum Gasteiger partial charge on any atom is 0.416 e. The number of anilines is 1. The number of unbranched alkanes of at least 4 members (excludes halogenated alkanes) is 2. The van der Waals surface area contributed by atoms with Gasteiger partial charge in [-0.3, -0.25) is 9.78 Å². The van der Waals surface area contributed by atoms with Crippen molar-refractivity contribution >= 4 is 11.6 Å². The average molecular weight is 336 g/mol. The number of carbonyl (C=O) groups excluding carboxylic acids is 1. The van der Waals surface area contributed by atoms with Crippen molar-refractivity contribution in [3.8, 4) is 0 Å². The molecule has 2 aromatic rings. The summed E-state index contributed by atoms with van der Waals surface area (Å²) in [6, 6.07) is 7.93. The van der Waals surface area contributed by atoms with Crippen LogP contribution < -0.4 is 5.32 Å². The summed E-state index contributed by atoms with van der Waals surface area (Å²) in [7, 11) is 0. The SMILES string of the molecule is CCCCCc1ccc(C(=O)Nc2cccc(C(F)(F)F)c2)nc1. The molecule has 2 rings (SSSR count). The van der Waals surface area contributed by atoms with Gasteiger partial charge in [-0.15, -0.1) is 0 Å². The van der Waals surface area contributed by atoms with E-state index in [0.29, 0.717) is 0 Å². The molecule has 0 saturated heterocycles. The first-order valence-electron chi connectivity index (χ1n) is 7.83. The molecule has 128 valence electrons. The number of nitrogens with zero attached hydrogens (tertiary/aromatic N) is 1. The van der Waals surface area contributed by atoms with Crippen LogP contribution in [-0.4, -0.2) is 10.9 Å². The number of hydrogen-bond donors (Lipinski definition) is 1. The molecule has 0 fully saturated rings. The highest BCUT2D eigenvalue weighted by atomic mass is 19.4. The fourth-order valence-corrected chi connectivity index (χ4v) is 2.25. The number of rotatable bonds is 6. The summed E-state index contributed by atoms with van der Waals surface area (Å²) in [5.41, 5.74) is 0.494. The second-order valence-electron chi connectivity index (χ2n) is 5.54. The molecule has 0 aliphatic heterocycles. The van der Waals surface area contributed by atoms with Crippen LogP contribution in [0.25, 0.3) is 0 Å². The Morgan fingerprint density at radius 2 is 1.96 bits per heavy atom. The van der Waals surface area contributed by atoms with E-state index in [1.165, 1.54) is 12.1 Å². The maximum atomic E-state index is 12.7. The Morgan fingerprint density at radius 3 is 2.58 bits per heavy atom. The highest BCUT2D eigenvalue weighted by molar-refractivity contribution is 6.02. The van der Waals surface area contributed by atoms with Crippen molar-refractivity contribution < 1.29 is 18.0 Å². The summed E-state index contributed by atoms with van der Waals surface area (Å²) in [4.78, 5) is 16.2. The minimum atomic E-state index is -4.45. The first-order chi connectivity index (χ1) is 11.4. The summed E-state index contributed by atoms with van der Waals surface area (Å²) in [6.45, 7) is 2.12. The Hall–Kier alpha value is -2.37. The van der Waals surface area contributed by atoms with Crippen molar-refractivity contribution in [2.45, 2.75) is 38.8 Å². The molecular weight excluding hydrogens is 317 g/mol. The van der Waals surface area contributed by atoms with E-state index < -0.39 is 17.6 Å². The molecule has 0 atom stereocenters. The molecule has 1 aromatic heterocycles. The Kier molecular flexibility index (Phi) is 5.95. The van der Waals surface area contributed by atoms with Crippen LogP contribution in [0.15, 0.2) is 42.6 Å². The van der Waals surface area contributed by atoms with E-state index in [9.17, 15) is 18.0 Å². The van der Waals surface area contributed by atoms with Gasteiger partial charge in [0, 0.05) is 11.9 Å². The van der Waals surface area contributed by atoms with Crippen LogP contribution in [0.4, 0.5) is 18.9 Å². The maximum absolute atomic E-state index is 12.7. The number of hydrogen-bond acceptors (Lipinski definition) is 2. The lowest BCUT2D eigenvalue weighted by molar-refractivity contribution is -0.137. The molecule has 0 unspecified atom stereocenters. The highest BCUT2D eigenvalue weighted by Gasteiger charge is 2.30. The lowest BCUT2D eigenvalue weighted by atomic mass is 10.1. The number of aromatic nitrogens is 1. The van der Waals surface area contributed by atoms with Gasteiger partial charge in [-0.25, -0.2) is 0 Å². The number of aryl methyl sites for hydroxylation is 1. The molecule has 3 nitrogen and oxygen atoms in total. The molecule has 24 heavy (non-hydrogen) atoms. The molecule has 0 saturated carbocycles. The van der Waals surface area contributed by atoms with Crippen molar-refractivity contribution in [1.82, 2.24) is 4.98 Å². The van der Waals surface area contributed by atoms with Crippen molar-refractivity contribution in [2.75, 3.05) is 5.32 Å². The van der Waals surface area contributed by atoms with Crippen molar-refractivity contribution in [2.24, 2.45) is 0 Å². The van der Waals surface area contributed by atoms with Crippen molar-refractivity contribution in [3.05, 3.63) is 59.4 Å². The number of amides is 1. The van der Waals surface area contributed by atoms with E-state index in [1.54, 1.807) is 12.3 Å². The number of benzene rings is 1. The Morgan fingerprint density at radius 1 is 1.17 bits per heavy atom. The molecule has 1 N–H and O–H groups in total. The first kappa shape index (κ1) is 18.0. The Balaban J connectivity index is 2.02. The van der Waals surface area contributed by atoms with Gasteiger partial charge in [-0.2, -0.15) is 13.2 Å². The summed E-state index contributed by atoms with van der Waals surface area (Å²) in [5, 5.41) is 2.44. The minimum Gasteiger partial charge on any atom is -0.321 e. The normalized spacial score (nSPS) is 11.3. The standard InChI is InChI=1S/C18H19F3N2O/c1-2-3-4-6-13-9-10-16(22-12-13)17(24)23-15-8-5-7-14(11-15)18(19,20)21/h5,7-12H,2-4,6H2,1H3,(H,23,24). The van der Waals surface area contributed by atoms with E-state index >= 15 is 0 Å². The Bertz CT molecular complexity index is 681. The van der Waals surface area contributed by atoms with Crippen LogP contribution in [0, 0.1) is 0 Å². The third-order valence-corrected chi connectivity index (χ3v) is 3.57. The van der Waals surface area contributed by atoms with Gasteiger partial charge in [0.15, 0.2) is 0 Å². The second kappa shape index (κ2) is 7.95. The zero-order valence-corrected chi connectivity index (χ0v) is 13.4. The fourth-order valence-electron chi connectivity index (χ4n) is 2.25. The molecule has 6 heteroatoms. The van der Waals surface area contributed by atoms with Crippen molar-refractivity contribution in [3.63, 3.8) is 0 Å². The molecule has 0 spiro atoms. The number of alkyl halides is 3. The van der Waals surface area contributed by atoms with E-state index in [0.717, 1.165) is 43.4 Å². The largest absolute Gasteiger partial charge is 0.416 e. The average Bonchev–Trinajstić information content (AvgIpc) is 2.55. The quantitative estimate of drug-likeness (QED) is 0.747. The summed E-state index contributed by atoms with van der Waals surface area (Å²) in [5.74, 6) is -0.533. The zero-order chi connectivity index (χ0) is 17.6. The molecule has 0 bridgehead atoms. The third kappa shape index (κ3) is 5.08. The van der Waals surface area contributed by atoms with Crippen LogP contribution in [0.5, 0.6) is 0 Å². The second-order valence-corrected chi connectivity index (χ2v) is 5.54. The lowest BCUT2D eigenvalue weighted by Crippen LogP contribution is -2.14. The summed E-state index contributed by atoms with van der Waals surface area (Å²) < 4.78 is 38.0. The third-order valence-electron chi connectivity index (χ3n) is 3.57. The van der Waals surface area contributed by atoms with Gasteiger partial charge >= 0.3 is 6.18 Å². The fraction of sp³-hybridized carbons (Fsp3) is 0.333. The number of halogens is 3. The van der Waals surface area contributed by atoms with Gasteiger partial charge in [0.1, 0.15) is 5.69 Å². The molecule has 1 heterocycles. The minimum absolute atomic E-state index is 0.0867. The van der Waals surface area contributed by atoms with Gasteiger partial charge < -0.3 is 5.32 Å². The van der Waals surface area contributed by atoms with Crippen LogP contribution in [0.2, 0.25) is 0 Å². The van der Waals surface area contributed by atoms with Gasteiger partial charge in [0.05, 0.1) is 5.56 Å². The monoisotopic (exact) mass is 336 g/mol. The molecule has 0 radical (unpaired) electrons. The van der Waals surface area contributed by atoms with E-state index in [-0.39, 0.29) is 11.4 Å². The summed E-state index contributed by atoms with van der Waals surface area (Å²) in [6.07, 6.45) is 1.42. The van der Waals surface area contributed by atoms with Gasteiger partial charge in [-0.1, -0.05) is 31.9 Å². The van der Waals surface area contributed by atoms with Crippen LogP contribution in [0.1, 0.15) is 47.8 Å². The molecule has 1 aromatic carbocycles. The molecule has 0 aliphatic carbocycles. The smallest absolute Gasteiger partial charge is 0.321 e. The van der Waals surface area contributed by atoms with Crippen LogP contribution >= 0.6 is 0 Å². The topological polar surface area (TPSA) is 42.0 Å². The highest BCUT2D eigenvalue weighted by Crippen LogP contribution is 2.30.